The molecule has 2 heterocycles. The molecule has 0 radical (unpaired) electrons. The number of carbonyl (C=O) groups is 2. The number of carbonyl (C=O) groups excluding carboxylic acids is 2. The van der Waals surface area contributed by atoms with Gasteiger partial charge in [0.1, 0.15) is 5.01 Å². The fourth-order valence-corrected chi connectivity index (χ4v) is 5.33. The number of hydrogen-bond acceptors (Lipinski definition) is 5. The lowest BCUT2D eigenvalue weighted by molar-refractivity contribution is -0.140. The summed E-state index contributed by atoms with van der Waals surface area (Å²) >= 11 is 1.68. The van der Waals surface area contributed by atoms with Crippen LogP contribution in [0, 0.1) is 23.7 Å². The van der Waals surface area contributed by atoms with E-state index >= 15 is 0 Å². The van der Waals surface area contributed by atoms with Gasteiger partial charge >= 0.3 is 0 Å². The van der Waals surface area contributed by atoms with Crippen molar-refractivity contribution in [1.29, 1.82) is 0 Å². The van der Waals surface area contributed by atoms with E-state index in [9.17, 15) is 9.59 Å². The second-order valence-electron chi connectivity index (χ2n) is 7.52. The van der Waals surface area contributed by atoms with Gasteiger partial charge in [0.2, 0.25) is 11.8 Å². The van der Waals surface area contributed by atoms with Crippen LogP contribution in [0.1, 0.15) is 30.2 Å². The summed E-state index contributed by atoms with van der Waals surface area (Å²) in [5, 5.41) is 7.42. The number of nitrogens with one attached hydrogen (secondary N) is 2. The van der Waals surface area contributed by atoms with Crippen LogP contribution in [0.2, 0.25) is 0 Å². The number of imide groups is 1. The maximum absolute atomic E-state index is 12.7. The van der Waals surface area contributed by atoms with Gasteiger partial charge in [-0.3, -0.25) is 14.5 Å². The van der Waals surface area contributed by atoms with Crippen molar-refractivity contribution in [2.24, 2.45) is 28.7 Å². The van der Waals surface area contributed by atoms with Crippen molar-refractivity contribution in [2.75, 3.05) is 19.6 Å². The topological polar surface area (TPSA) is 86.7 Å². The van der Waals surface area contributed by atoms with Crippen LogP contribution >= 0.6 is 11.3 Å². The summed E-state index contributed by atoms with van der Waals surface area (Å²) in [4.78, 5) is 37.1. The lowest BCUT2D eigenvalue weighted by atomic mass is 9.85. The van der Waals surface area contributed by atoms with Crippen LogP contribution in [0.15, 0.2) is 23.3 Å². The maximum atomic E-state index is 12.7. The van der Waals surface area contributed by atoms with Crippen molar-refractivity contribution in [2.45, 2.75) is 33.2 Å². The van der Waals surface area contributed by atoms with Crippen LogP contribution in [0.5, 0.6) is 0 Å². The van der Waals surface area contributed by atoms with E-state index < -0.39 is 0 Å². The van der Waals surface area contributed by atoms with E-state index in [-0.39, 0.29) is 35.5 Å². The number of aromatic nitrogens is 1. The Morgan fingerprint density at radius 1 is 1.21 bits per heavy atom. The van der Waals surface area contributed by atoms with Crippen molar-refractivity contribution in [3.8, 4) is 0 Å². The first kappa shape index (κ1) is 19.1. The molecule has 4 rings (SSSR count). The van der Waals surface area contributed by atoms with Crippen molar-refractivity contribution in [3.63, 3.8) is 0 Å². The summed E-state index contributed by atoms with van der Waals surface area (Å²) in [5.41, 5.74) is 0. The molecule has 2 fully saturated rings. The molecule has 0 aromatic carbocycles. The number of rotatable bonds is 7. The molecule has 0 spiro atoms. The number of aliphatic imine (C=N–C) groups is 1. The Hall–Kier alpha value is -2.22. The van der Waals surface area contributed by atoms with Crippen LogP contribution in [-0.2, 0) is 22.6 Å². The summed E-state index contributed by atoms with van der Waals surface area (Å²) in [5.74, 6) is 0.959. The first-order chi connectivity index (χ1) is 13.6. The number of hydrogen-bond donors (Lipinski definition) is 2. The number of guanidine groups is 1. The van der Waals surface area contributed by atoms with E-state index in [0.29, 0.717) is 25.6 Å². The van der Waals surface area contributed by atoms with Crippen molar-refractivity contribution >= 4 is 29.1 Å². The highest BCUT2D eigenvalue weighted by Crippen LogP contribution is 2.52. The van der Waals surface area contributed by atoms with Gasteiger partial charge in [-0.15, -0.1) is 11.3 Å². The first-order valence-electron chi connectivity index (χ1n) is 10.1. The Balaban J connectivity index is 1.32. The van der Waals surface area contributed by atoms with Crippen molar-refractivity contribution in [1.82, 2.24) is 20.5 Å². The molecule has 1 saturated heterocycles. The van der Waals surface area contributed by atoms with Gasteiger partial charge in [0, 0.05) is 30.7 Å². The van der Waals surface area contributed by atoms with E-state index in [1.807, 2.05) is 13.1 Å². The molecule has 28 heavy (non-hydrogen) atoms. The predicted octanol–water partition coefficient (Wildman–Crippen LogP) is 1.57. The van der Waals surface area contributed by atoms with Crippen LogP contribution in [0.4, 0.5) is 0 Å². The third kappa shape index (κ3) is 3.45. The molecular formula is C20H27N5O2S. The summed E-state index contributed by atoms with van der Waals surface area (Å²) < 4.78 is 0. The SMILES string of the molecule is CCNC(=NCc1ncc(CC)s1)NCCN1C(=O)C2C3C=CC(C3)C2C1=O. The van der Waals surface area contributed by atoms with Gasteiger partial charge in [0.25, 0.3) is 0 Å². The van der Waals surface area contributed by atoms with E-state index in [0.717, 1.165) is 24.4 Å². The summed E-state index contributed by atoms with van der Waals surface area (Å²) in [6.07, 6.45) is 8.09. The number of amides is 2. The maximum Gasteiger partial charge on any atom is 0.233 e. The van der Waals surface area contributed by atoms with Gasteiger partial charge < -0.3 is 10.6 Å². The number of thiazole rings is 1. The molecule has 1 saturated carbocycles. The van der Waals surface area contributed by atoms with Gasteiger partial charge in [0.15, 0.2) is 5.96 Å². The molecule has 2 N–H and O–H groups in total. The number of aryl methyl sites for hydroxylation is 1. The zero-order valence-electron chi connectivity index (χ0n) is 16.4. The first-order valence-corrected chi connectivity index (χ1v) is 10.9. The summed E-state index contributed by atoms with van der Waals surface area (Å²) in [7, 11) is 0. The highest BCUT2D eigenvalue weighted by Gasteiger charge is 2.58. The lowest BCUT2D eigenvalue weighted by Gasteiger charge is -2.18. The summed E-state index contributed by atoms with van der Waals surface area (Å²) in [6.45, 7) is 6.25. The highest BCUT2D eigenvalue weighted by atomic mass is 32.1. The molecule has 7 nitrogen and oxygen atoms in total. The second-order valence-corrected chi connectivity index (χ2v) is 8.72. The molecule has 8 heteroatoms. The fraction of sp³-hybridized carbons (Fsp3) is 0.600. The number of allylic oxidation sites excluding steroid dienone is 2. The van der Waals surface area contributed by atoms with Crippen molar-refractivity contribution < 1.29 is 9.59 Å². The Morgan fingerprint density at radius 3 is 2.54 bits per heavy atom. The van der Waals surface area contributed by atoms with Crippen LogP contribution in [0.3, 0.4) is 0 Å². The minimum Gasteiger partial charge on any atom is -0.357 e. The monoisotopic (exact) mass is 401 g/mol. The second kappa shape index (κ2) is 8.03. The fourth-order valence-electron chi connectivity index (χ4n) is 4.54. The molecule has 2 aliphatic carbocycles. The smallest absolute Gasteiger partial charge is 0.233 e. The van der Waals surface area contributed by atoms with Crippen LogP contribution in [0.25, 0.3) is 0 Å². The molecule has 1 aromatic heterocycles. The minimum atomic E-state index is -0.123. The average molecular weight is 402 g/mol. The molecule has 4 unspecified atom stereocenters. The van der Waals surface area contributed by atoms with Crippen LogP contribution < -0.4 is 10.6 Å². The number of fused-ring (bicyclic) bond motifs is 5. The molecule has 150 valence electrons. The molecule has 4 atom stereocenters. The number of nitrogens with zero attached hydrogens (tertiary/aromatic N) is 3. The van der Waals surface area contributed by atoms with Gasteiger partial charge in [-0.05, 0) is 31.6 Å². The van der Waals surface area contributed by atoms with E-state index in [2.05, 4.69) is 39.7 Å². The quantitative estimate of drug-likeness (QED) is 0.313. The molecule has 1 aromatic rings. The number of likely N-dealkylation sites (tertiary alicyclic amines) is 1. The largest absolute Gasteiger partial charge is 0.357 e. The molecule has 2 bridgehead atoms. The molecule has 1 aliphatic heterocycles. The minimum absolute atomic E-state index is 0.00506. The Labute approximate surface area is 169 Å². The normalized spacial score (nSPS) is 28.4. The Morgan fingerprint density at radius 2 is 1.93 bits per heavy atom. The molecule has 2 amide bonds. The predicted molar refractivity (Wildman–Crippen MR) is 109 cm³/mol. The van der Waals surface area contributed by atoms with Gasteiger partial charge in [-0.25, -0.2) is 9.98 Å². The summed E-state index contributed by atoms with van der Waals surface area (Å²) in [6, 6.07) is 0. The average Bonchev–Trinajstić information content (AvgIpc) is 3.46. The molecular weight excluding hydrogens is 374 g/mol. The van der Waals surface area contributed by atoms with Gasteiger partial charge in [-0.2, -0.15) is 0 Å². The van der Waals surface area contributed by atoms with Gasteiger partial charge in [-0.1, -0.05) is 19.1 Å². The Bertz CT molecular complexity index is 787. The standard InChI is InChI=1S/C20H27N5O2S/c1-3-14-10-23-15(28-14)11-24-20(21-4-2)22-7-8-25-18(26)16-12-5-6-13(9-12)17(16)19(25)27/h5-6,10,12-13,16-17H,3-4,7-9,11H2,1-2H3,(H2,21,22,24). The third-order valence-electron chi connectivity index (χ3n) is 5.86. The highest BCUT2D eigenvalue weighted by molar-refractivity contribution is 7.11. The lowest BCUT2D eigenvalue weighted by Crippen LogP contribution is -2.43. The third-order valence-corrected chi connectivity index (χ3v) is 6.98. The zero-order valence-corrected chi connectivity index (χ0v) is 17.2. The van der Waals surface area contributed by atoms with Gasteiger partial charge in [0.05, 0.1) is 18.4 Å². The van der Waals surface area contributed by atoms with E-state index in [1.165, 1.54) is 9.78 Å². The Kier molecular flexibility index (Phi) is 5.48. The molecule has 3 aliphatic rings. The van der Waals surface area contributed by atoms with Crippen molar-refractivity contribution in [3.05, 3.63) is 28.2 Å². The van der Waals surface area contributed by atoms with E-state index in [4.69, 9.17) is 0 Å². The van der Waals surface area contributed by atoms with Crippen LogP contribution in [-0.4, -0.2) is 47.3 Å². The zero-order chi connectivity index (χ0) is 19.7. The van der Waals surface area contributed by atoms with E-state index in [1.54, 1.807) is 11.3 Å².